The lowest BCUT2D eigenvalue weighted by Gasteiger charge is -2.03. The van der Waals surface area contributed by atoms with Gasteiger partial charge in [0.25, 0.3) is 6.43 Å². The molecule has 0 radical (unpaired) electrons. The van der Waals surface area contributed by atoms with E-state index < -0.39 is 40.2 Å². The Morgan fingerprint density at radius 3 is 2.50 bits per heavy atom. The molecule has 0 atom stereocenters. The van der Waals surface area contributed by atoms with Crippen LogP contribution in [-0.4, -0.2) is 21.0 Å². The van der Waals surface area contributed by atoms with E-state index >= 15 is 0 Å². The van der Waals surface area contributed by atoms with Crippen LogP contribution in [0.4, 0.5) is 19.0 Å². The van der Waals surface area contributed by atoms with Crippen LogP contribution in [-0.2, 0) is 0 Å². The Hall–Kier alpha value is -2.19. The Morgan fingerprint density at radius 2 is 2.12 bits per heavy atom. The van der Waals surface area contributed by atoms with E-state index in [4.69, 9.17) is 5.11 Å². The Labute approximate surface area is 85.5 Å². The zero-order chi connectivity index (χ0) is 12.5. The van der Waals surface area contributed by atoms with Crippen molar-refractivity contribution in [2.24, 2.45) is 0 Å². The lowest BCUT2D eigenvalue weighted by atomic mass is 10.1. The molecule has 1 aromatic rings. The summed E-state index contributed by atoms with van der Waals surface area (Å²) >= 11 is 0. The maximum atomic E-state index is 12.9. The van der Waals surface area contributed by atoms with Crippen molar-refractivity contribution in [3.8, 4) is 0 Å². The van der Waals surface area contributed by atoms with Gasteiger partial charge in [-0.3, -0.25) is 0 Å². The number of aromatic nitrogens is 1. The van der Waals surface area contributed by atoms with Crippen LogP contribution in [0.25, 0.3) is 0 Å². The number of nitro groups is 1. The Morgan fingerprint density at radius 1 is 1.56 bits per heavy atom. The number of alkyl halides is 2. The molecule has 0 aliphatic carbocycles. The van der Waals surface area contributed by atoms with Gasteiger partial charge in [0.05, 0.1) is 11.6 Å². The summed E-state index contributed by atoms with van der Waals surface area (Å²) in [6.07, 6.45) is -3.42. The molecule has 0 aliphatic heterocycles. The van der Waals surface area contributed by atoms with E-state index in [1.165, 1.54) is 0 Å². The molecule has 86 valence electrons. The van der Waals surface area contributed by atoms with Gasteiger partial charge < -0.3 is 15.2 Å². The number of nitrogens with zero attached hydrogens (tertiary/aromatic N) is 2. The summed E-state index contributed by atoms with van der Waals surface area (Å²) in [7, 11) is 0. The maximum Gasteiger partial charge on any atom is 0.367 e. The highest BCUT2D eigenvalue weighted by molar-refractivity contribution is 5.90. The first-order valence-corrected chi connectivity index (χ1v) is 3.71. The Bertz CT molecular complexity index is 463. The van der Waals surface area contributed by atoms with E-state index in [-0.39, 0.29) is 6.07 Å². The topological polar surface area (TPSA) is 93.3 Å². The fourth-order valence-electron chi connectivity index (χ4n) is 0.989. The first kappa shape index (κ1) is 11.9. The van der Waals surface area contributed by atoms with Crippen molar-refractivity contribution in [3.63, 3.8) is 0 Å². The average molecular weight is 236 g/mol. The van der Waals surface area contributed by atoms with Crippen molar-refractivity contribution < 1.29 is 28.0 Å². The molecule has 16 heavy (non-hydrogen) atoms. The summed E-state index contributed by atoms with van der Waals surface area (Å²) in [4.78, 5) is 22.2. The number of carboxylic acid groups (broad SMARTS) is 1. The van der Waals surface area contributed by atoms with Gasteiger partial charge in [-0.1, -0.05) is 0 Å². The van der Waals surface area contributed by atoms with Gasteiger partial charge in [0.15, 0.2) is 0 Å². The van der Waals surface area contributed by atoms with Crippen LogP contribution in [0.3, 0.4) is 0 Å². The van der Waals surface area contributed by atoms with Crippen molar-refractivity contribution in [1.82, 2.24) is 4.98 Å². The molecule has 0 saturated carbocycles. The SMILES string of the molecule is O=C(O)c1cc([N+](=O)[O-])nc(F)c1C(F)F. The summed E-state index contributed by atoms with van der Waals surface area (Å²) in [5, 5.41) is 18.7. The zero-order valence-corrected chi connectivity index (χ0v) is 7.35. The van der Waals surface area contributed by atoms with Gasteiger partial charge in [-0.15, -0.1) is 0 Å². The van der Waals surface area contributed by atoms with E-state index in [1.807, 2.05) is 0 Å². The van der Waals surface area contributed by atoms with Crippen molar-refractivity contribution in [3.05, 3.63) is 33.3 Å². The summed E-state index contributed by atoms with van der Waals surface area (Å²) in [6.45, 7) is 0. The molecule has 0 unspecified atom stereocenters. The summed E-state index contributed by atoms with van der Waals surface area (Å²) in [5.74, 6) is -4.89. The minimum absolute atomic E-state index is 0.285. The maximum absolute atomic E-state index is 12.9. The second-order valence-corrected chi connectivity index (χ2v) is 2.60. The summed E-state index contributed by atoms with van der Waals surface area (Å²) < 4.78 is 37.5. The van der Waals surface area contributed by atoms with Crippen LogP contribution in [0.15, 0.2) is 6.07 Å². The molecule has 0 aromatic carbocycles. The smallest absolute Gasteiger partial charge is 0.367 e. The summed E-state index contributed by atoms with van der Waals surface area (Å²) in [6, 6.07) is 0.285. The number of pyridine rings is 1. The highest BCUT2D eigenvalue weighted by Crippen LogP contribution is 2.27. The third kappa shape index (κ3) is 2.07. The molecule has 0 fully saturated rings. The van der Waals surface area contributed by atoms with E-state index in [0.717, 1.165) is 0 Å². The first-order chi connectivity index (χ1) is 7.34. The molecule has 1 aromatic heterocycles. The molecule has 0 amide bonds. The van der Waals surface area contributed by atoms with Gasteiger partial charge in [-0.2, -0.15) is 4.39 Å². The molecular weight excluding hydrogens is 233 g/mol. The van der Waals surface area contributed by atoms with Crippen molar-refractivity contribution in [1.29, 1.82) is 0 Å². The number of hydrogen-bond donors (Lipinski definition) is 1. The molecular formula is C7H3F3N2O4. The minimum Gasteiger partial charge on any atom is -0.478 e. The quantitative estimate of drug-likeness (QED) is 0.490. The van der Waals surface area contributed by atoms with E-state index in [2.05, 4.69) is 4.98 Å². The molecule has 0 spiro atoms. The van der Waals surface area contributed by atoms with Crippen molar-refractivity contribution in [2.75, 3.05) is 0 Å². The number of rotatable bonds is 3. The lowest BCUT2D eigenvalue weighted by molar-refractivity contribution is -0.390. The first-order valence-electron chi connectivity index (χ1n) is 3.71. The molecule has 0 bridgehead atoms. The number of hydrogen-bond acceptors (Lipinski definition) is 4. The van der Waals surface area contributed by atoms with E-state index in [9.17, 15) is 28.1 Å². The molecule has 6 nitrogen and oxygen atoms in total. The molecule has 0 aliphatic rings. The molecule has 1 N–H and O–H groups in total. The van der Waals surface area contributed by atoms with Gasteiger partial charge in [0.2, 0.25) is 0 Å². The number of aromatic carboxylic acids is 1. The Balaban J connectivity index is 3.52. The predicted octanol–water partition coefficient (Wildman–Crippen LogP) is 1.76. The molecule has 0 saturated heterocycles. The monoisotopic (exact) mass is 236 g/mol. The molecule has 9 heteroatoms. The third-order valence-electron chi connectivity index (χ3n) is 1.63. The van der Waals surface area contributed by atoms with Crippen LogP contribution >= 0.6 is 0 Å². The number of carboxylic acids is 1. The van der Waals surface area contributed by atoms with Crippen LogP contribution in [0.2, 0.25) is 0 Å². The lowest BCUT2D eigenvalue weighted by Crippen LogP contribution is -2.09. The summed E-state index contributed by atoms with van der Waals surface area (Å²) in [5.41, 5.74) is -2.63. The van der Waals surface area contributed by atoms with Crippen LogP contribution in [0.5, 0.6) is 0 Å². The van der Waals surface area contributed by atoms with Gasteiger partial charge >= 0.3 is 17.7 Å². The van der Waals surface area contributed by atoms with Crippen molar-refractivity contribution >= 4 is 11.8 Å². The zero-order valence-electron chi connectivity index (χ0n) is 7.35. The third-order valence-corrected chi connectivity index (χ3v) is 1.63. The highest BCUT2D eigenvalue weighted by atomic mass is 19.3. The fourth-order valence-corrected chi connectivity index (χ4v) is 0.989. The van der Waals surface area contributed by atoms with Gasteiger partial charge in [-0.05, 0) is 9.91 Å². The molecule has 1 heterocycles. The van der Waals surface area contributed by atoms with Crippen LogP contribution in [0.1, 0.15) is 22.3 Å². The second kappa shape index (κ2) is 4.13. The van der Waals surface area contributed by atoms with Crippen LogP contribution < -0.4 is 0 Å². The standard InChI is InChI=1S/C7H3F3N2O4/c8-5(9)4-2(7(13)14)1-3(12(15)16)11-6(4)10/h1,5H,(H,13,14). The van der Waals surface area contributed by atoms with Gasteiger partial charge in [-0.25, -0.2) is 13.6 Å². The van der Waals surface area contributed by atoms with Gasteiger partial charge in [0.1, 0.15) is 5.56 Å². The van der Waals surface area contributed by atoms with Gasteiger partial charge in [0, 0.05) is 0 Å². The average Bonchev–Trinajstić information content (AvgIpc) is 2.15. The highest BCUT2D eigenvalue weighted by Gasteiger charge is 2.30. The largest absolute Gasteiger partial charge is 0.478 e. The fraction of sp³-hybridized carbons (Fsp3) is 0.143. The normalized spacial score (nSPS) is 10.5. The molecule has 1 rings (SSSR count). The minimum atomic E-state index is -3.42. The van der Waals surface area contributed by atoms with E-state index in [1.54, 1.807) is 0 Å². The second-order valence-electron chi connectivity index (χ2n) is 2.60. The predicted molar refractivity (Wildman–Crippen MR) is 42.8 cm³/mol. The Kier molecular flexibility index (Phi) is 3.06. The van der Waals surface area contributed by atoms with Crippen LogP contribution in [0, 0.1) is 16.1 Å². The number of halogens is 3. The van der Waals surface area contributed by atoms with Crippen molar-refractivity contribution in [2.45, 2.75) is 6.43 Å². The van der Waals surface area contributed by atoms with E-state index in [0.29, 0.717) is 0 Å². The number of carbonyl (C=O) groups is 1.